The smallest absolute Gasteiger partial charge is 0.243 e. The SMILES string of the molecule is NC(N)=NCCCC(NC(=O)[C@@H]1CC[C@H]2CN(C(=O)CCc3ccccn3)CC(=O)N21)C(=O)c1nccs1. The van der Waals surface area contributed by atoms with Gasteiger partial charge in [0.15, 0.2) is 11.0 Å². The number of piperazine rings is 1. The molecule has 2 saturated heterocycles. The normalized spacial score (nSPS) is 19.5. The zero-order chi connectivity index (χ0) is 27.1. The van der Waals surface area contributed by atoms with Crippen LogP contribution in [0.4, 0.5) is 0 Å². The van der Waals surface area contributed by atoms with Crippen molar-refractivity contribution in [2.24, 2.45) is 16.5 Å². The lowest BCUT2D eigenvalue weighted by molar-refractivity contribution is -0.151. The third kappa shape index (κ3) is 6.71. The van der Waals surface area contributed by atoms with E-state index >= 15 is 0 Å². The zero-order valence-electron chi connectivity index (χ0n) is 21.0. The van der Waals surface area contributed by atoms with Crippen LogP contribution in [0.5, 0.6) is 0 Å². The predicted molar refractivity (Wildman–Crippen MR) is 141 cm³/mol. The summed E-state index contributed by atoms with van der Waals surface area (Å²) in [5, 5.41) is 4.85. The number of hydrogen-bond acceptors (Lipinski definition) is 8. The number of carbonyl (C=O) groups is 4. The van der Waals surface area contributed by atoms with E-state index in [-0.39, 0.29) is 48.5 Å². The Morgan fingerprint density at radius 3 is 2.74 bits per heavy atom. The summed E-state index contributed by atoms with van der Waals surface area (Å²) in [6, 6.07) is 3.82. The molecule has 0 aliphatic carbocycles. The van der Waals surface area contributed by atoms with Gasteiger partial charge in [0.1, 0.15) is 6.04 Å². The summed E-state index contributed by atoms with van der Waals surface area (Å²) in [5.74, 6) is -1.08. The summed E-state index contributed by atoms with van der Waals surface area (Å²) in [4.78, 5) is 67.7. The number of guanidine groups is 1. The number of Topliss-reactive ketones (excluding diaryl/α,β-unsaturated/α-hetero) is 1. The molecule has 0 aromatic carbocycles. The molecule has 2 aromatic heterocycles. The Bertz CT molecular complexity index is 1170. The number of thiazole rings is 1. The van der Waals surface area contributed by atoms with Gasteiger partial charge in [-0.05, 0) is 44.2 Å². The van der Waals surface area contributed by atoms with E-state index in [1.54, 1.807) is 21.4 Å². The first-order valence-electron chi connectivity index (χ1n) is 12.6. The Kier molecular flexibility index (Phi) is 9.00. The molecule has 2 aromatic rings. The van der Waals surface area contributed by atoms with E-state index in [2.05, 4.69) is 20.3 Å². The third-order valence-corrected chi connectivity index (χ3v) is 7.53. The minimum atomic E-state index is -0.813. The highest BCUT2D eigenvalue weighted by atomic mass is 32.1. The van der Waals surface area contributed by atoms with Crippen LogP contribution >= 0.6 is 11.3 Å². The van der Waals surface area contributed by atoms with E-state index < -0.39 is 12.1 Å². The molecule has 0 bridgehead atoms. The van der Waals surface area contributed by atoms with Gasteiger partial charge < -0.3 is 26.6 Å². The summed E-state index contributed by atoms with van der Waals surface area (Å²) >= 11 is 1.20. The van der Waals surface area contributed by atoms with Gasteiger partial charge in [0.25, 0.3) is 0 Å². The van der Waals surface area contributed by atoms with E-state index in [1.807, 2.05) is 18.2 Å². The molecule has 5 N–H and O–H groups in total. The number of fused-ring (bicyclic) bond motifs is 1. The Morgan fingerprint density at radius 2 is 2.03 bits per heavy atom. The minimum absolute atomic E-state index is 0.0401. The highest BCUT2D eigenvalue weighted by molar-refractivity contribution is 7.11. The Labute approximate surface area is 224 Å². The molecule has 4 heterocycles. The molecule has 202 valence electrons. The maximum absolute atomic E-state index is 13.3. The van der Waals surface area contributed by atoms with Crippen LogP contribution < -0.4 is 16.8 Å². The molecule has 38 heavy (non-hydrogen) atoms. The number of aliphatic imine (C=N–C) groups is 1. The number of nitrogens with one attached hydrogen (secondary N) is 1. The van der Waals surface area contributed by atoms with Crippen molar-refractivity contribution in [1.29, 1.82) is 0 Å². The van der Waals surface area contributed by atoms with Crippen molar-refractivity contribution in [1.82, 2.24) is 25.1 Å². The van der Waals surface area contributed by atoms with E-state index in [9.17, 15) is 19.2 Å². The molecular weight excluding hydrogens is 508 g/mol. The first-order chi connectivity index (χ1) is 18.3. The van der Waals surface area contributed by atoms with Crippen LogP contribution in [0.15, 0.2) is 41.0 Å². The number of carbonyl (C=O) groups excluding carboxylic acids is 4. The van der Waals surface area contributed by atoms with Crippen LogP contribution in [0.1, 0.15) is 47.6 Å². The molecule has 2 aliphatic rings. The number of ketones is 1. The monoisotopic (exact) mass is 540 g/mol. The van der Waals surface area contributed by atoms with Gasteiger partial charge in [0, 0.05) is 43.0 Å². The number of aryl methyl sites for hydroxylation is 1. The van der Waals surface area contributed by atoms with Gasteiger partial charge in [0.05, 0.1) is 18.6 Å². The average Bonchev–Trinajstić information content (AvgIpc) is 3.60. The van der Waals surface area contributed by atoms with Gasteiger partial charge in [-0.15, -0.1) is 11.3 Å². The molecule has 0 saturated carbocycles. The summed E-state index contributed by atoms with van der Waals surface area (Å²) in [6.07, 6.45) is 5.85. The zero-order valence-corrected chi connectivity index (χ0v) is 21.8. The molecule has 0 spiro atoms. The fraction of sp³-hybridized carbons (Fsp3) is 0.480. The summed E-state index contributed by atoms with van der Waals surface area (Å²) in [5.41, 5.74) is 11.6. The van der Waals surface area contributed by atoms with Crippen molar-refractivity contribution in [3.8, 4) is 0 Å². The van der Waals surface area contributed by atoms with E-state index in [1.165, 1.54) is 17.5 Å². The van der Waals surface area contributed by atoms with Crippen LogP contribution in [0.3, 0.4) is 0 Å². The van der Waals surface area contributed by atoms with Crippen molar-refractivity contribution in [2.45, 2.75) is 56.7 Å². The lowest BCUT2D eigenvalue weighted by atomic mass is 10.1. The predicted octanol–water partition coefficient (Wildman–Crippen LogP) is 0.0938. The van der Waals surface area contributed by atoms with Gasteiger partial charge in [-0.25, -0.2) is 4.98 Å². The summed E-state index contributed by atoms with van der Waals surface area (Å²) < 4.78 is 0. The molecule has 4 rings (SSSR count). The Morgan fingerprint density at radius 1 is 1.18 bits per heavy atom. The molecule has 12 nitrogen and oxygen atoms in total. The third-order valence-electron chi connectivity index (χ3n) is 6.75. The second kappa shape index (κ2) is 12.6. The second-order valence-electron chi connectivity index (χ2n) is 9.35. The highest BCUT2D eigenvalue weighted by Gasteiger charge is 2.46. The summed E-state index contributed by atoms with van der Waals surface area (Å²) in [7, 11) is 0. The van der Waals surface area contributed by atoms with Crippen molar-refractivity contribution in [2.75, 3.05) is 19.6 Å². The van der Waals surface area contributed by atoms with Crippen LogP contribution in [-0.2, 0) is 20.8 Å². The van der Waals surface area contributed by atoms with Gasteiger partial charge in [0.2, 0.25) is 23.5 Å². The van der Waals surface area contributed by atoms with Crippen molar-refractivity contribution in [3.05, 3.63) is 46.7 Å². The second-order valence-corrected chi connectivity index (χ2v) is 10.2. The largest absolute Gasteiger partial charge is 0.370 e. The van der Waals surface area contributed by atoms with Crippen LogP contribution in [0.25, 0.3) is 0 Å². The number of aromatic nitrogens is 2. The topological polar surface area (TPSA) is 177 Å². The van der Waals surface area contributed by atoms with E-state index in [0.29, 0.717) is 50.2 Å². The molecule has 0 radical (unpaired) electrons. The molecule has 3 amide bonds. The van der Waals surface area contributed by atoms with Crippen LogP contribution in [0.2, 0.25) is 0 Å². The number of nitrogens with two attached hydrogens (primary N) is 2. The Balaban J connectivity index is 1.36. The fourth-order valence-corrected chi connectivity index (χ4v) is 5.56. The first kappa shape index (κ1) is 27.2. The number of hydrogen-bond donors (Lipinski definition) is 3. The average molecular weight is 541 g/mol. The first-order valence-corrected chi connectivity index (χ1v) is 13.5. The Hall–Kier alpha value is -3.87. The van der Waals surface area contributed by atoms with Gasteiger partial charge >= 0.3 is 0 Å². The molecule has 3 atom stereocenters. The van der Waals surface area contributed by atoms with Crippen molar-refractivity contribution in [3.63, 3.8) is 0 Å². The van der Waals surface area contributed by atoms with Crippen molar-refractivity contribution >= 4 is 40.8 Å². The van der Waals surface area contributed by atoms with Crippen molar-refractivity contribution < 1.29 is 19.2 Å². The standard InChI is InChI=1S/C25H32N8O4S/c26-25(27)30-11-3-5-18(22(36)24-29-12-13-38-24)31-23(37)19-8-7-17-14-32(15-21(35)33(17)19)20(34)9-6-16-4-1-2-10-28-16/h1-2,4,10,12-13,17-19H,3,5-9,11,14-15H2,(H,31,37)(H4,26,27,30)/t17-,18?,19-/m0/s1. The number of rotatable bonds is 11. The van der Waals surface area contributed by atoms with Gasteiger partial charge in [-0.1, -0.05) is 6.07 Å². The number of nitrogens with zero attached hydrogens (tertiary/aromatic N) is 5. The van der Waals surface area contributed by atoms with Crippen LogP contribution in [-0.4, -0.2) is 87.0 Å². The van der Waals surface area contributed by atoms with E-state index in [0.717, 1.165) is 5.69 Å². The maximum Gasteiger partial charge on any atom is 0.243 e. The summed E-state index contributed by atoms with van der Waals surface area (Å²) in [6.45, 7) is 0.637. The molecule has 13 heteroatoms. The minimum Gasteiger partial charge on any atom is -0.370 e. The van der Waals surface area contributed by atoms with Crippen LogP contribution in [0, 0.1) is 0 Å². The lowest BCUT2D eigenvalue weighted by Crippen LogP contribution is -2.60. The fourth-order valence-electron chi connectivity index (χ4n) is 4.92. The quantitative estimate of drug-likeness (QED) is 0.155. The molecule has 2 aliphatic heterocycles. The number of pyridine rings is 1. The van der Waals surface area contributed by atoms with Gasteiger partial charge in [-0.3, -0.25) is 29.2 Å². The highest BCUT2D eigenvalue weighted by Crippen LogP contribution is 2.29. The lowest BCUT2D eigenvalue weighted by Gasteiger charge is -2.39. The van der Waals surface area contributed by atoms with Gasteiger partial charge in [-0.2, -0.15) is 0 Å². The molecular formula is C25H32N8O4S. The maximum atomic E-state index is 13.3. The van der Waals surface area contributed by atoms with E-state index in [4.69, 9.17) is 11.5 Å². The molecule has 1 unspecified atom stereocenters. The number of amides is 3. The molecule has 2 fully saturated rings.